The molecular formula is C18H19FN6O2. The Morgan fingerprint density at radius 3 is 2.89 bits per heavy atom. The molecule has 3 heterocycles. The highest BCUT2D eigenvalue weighted by Crippen LogP contribution is 2.38. The minimum atomic E-state index is -1.47. The summed E-state index contributed by atoms with van der Waals surface area (Å²) >= 11 is 0. The normalized spacial score (nSPS) is 21.4. The van der Waals surface area contributed by atoms with Crippen LogP contribution in [0.4, 0.5) is 21.7 Å². The number of nitrogens with two attached hydrogens (primary N) is 1. The van der Waals surface area contributed by atoms with E-state index in [2.05, 4.69) is 20.6 Å². The maximum atomic E-state index is 15.0. The van der Waals surface area contributed by atoms with Gasteiger partial charge in [0.05, 0.1) is 0 Å². The van der Waals surface area contributed by atoms with Crippen molar-refractivity contribution in [3.63, 3.8) is 0 Å². The van der Waals surface area contributed by atoms with E-state index in [1.807, 2.05) is 0 Å². The highest BCUT2D eigenvalue weighted by atomic mass is 19.1. The lowest BCUT2D eigenvalue weighted by atomic mass is 10.0. The monoisotopic (exact) mass is 370 g/mol. The Hall–Kier alpha value is -3.23. The van der Waals surface area contributed by atoms with Gasteiger partial charge in [-0.3, -0.25) is 14.2 Å². The first-order valence-corrected chi connectivity index (χ1v) is 8.73. The lowest BCUT2D eigenvalue weighted by molar-refractivity contribution is 0.0916. The van der Waals surface area contributed by atoms with Crippen molar-refractivity contribution in [1.82, 2.24) is 19.9 Å². The second-order valence-electron chi connectivity index (χ2n) is 6.80. The maximum Gasteiger partial charge on any atom is 0.277 e. The maximum absolute atomic E-state index is 15.0. The van der Waals surface area contributed by atoms with Gasteiger partial charge in [-0.1, -0.05) is 0 Å². The summed E-state index contributed by atoms with van der Waals surface area (Å²) in [6.45, 7) is 1.71. The van der Waals surface area contributed by atoms with Gasteiger partial charge in [-0.15, -0.1) is 0 Å². The minimum Gasteiger partial charge on any atom is -0.384 e. The Labute approximate surface area is 154 Å². The van der Waals surface area contributed by atoms with E-state index < -0.39 is 23.0 Å². The molecule has 0 saturated heterocycles. The van der Waals surface area contributed by atoms with Crippen molar-refractivity contribution in [3.8, 4) is 0 Å². The zero-order valence-electron chi connectivity index (χ0n) is 14.8. The number of nitrogens with zero attached hydrogens (tertiary/aromatic N) is 3. The molecule has 2 aromatic heterocycles. The molecule has 4 rings (SSSR count). The first-order valence-electron chi connectivity index (χ1n) is 8.73. The fraction of sp³-hybridized carbons (Fsp3) is 0.333. The van der Waals surface area contributed by atoms with E-state index in [0.717, 1.165) is 6.42 Å². The zero-order valence-corrected chi connectivity index (χ0v) is 14.8. The van der Waals surface area contributed by atoms with Crippen LogP contribution in [0.15, 0.2) is 35.2 Å². The predicted octanol–water partition coefficient (Wildman–Crippen LogP) is 2.10. The number of anilines is 3. The quantitative estimate of drug-likeness (QED) is 0.746. The lowest BCUT2D eigenvalue weighted by Crippen LogP contribution is -2.48. The van der Waals surface area contributed by atoms with Gasteiger partial charge in [0.2, 0.25) is 0 Å². The van der Waals surface area contributed by atoms with Crippen molar-refractivity contribution in [2.45, 2.75) is 38.3 Å². The molecule has 2 aliphatic rings. The number of fused-ring (bicyclic) bond motifs is 2. The van der Waals surface area contributed by atoms with Gasteiger partial charge in [0.1, 0.15) is 35.2 Å². The number of halogens is 1. The molecule has 9 heteroatoms. The molecule has 140 valence electrons. The van der Waals surface area contributed by atoms with Crippen LogP contribution in [-0.4, -0.2) is 20.4 Å². The molecule has 2 aromatic rings. The van der Waals surface area contributed by atoms with Gasteiger partial charge < -0.3 is 16.4 Å². The lowest BCUT2D eigenvalue weighted by Gasteiger charge is -2.29. The van der Waals surface area contributed by atoms with Crippen LogP contribution in [0.5, 0.6) is 0 Å². The molecular weight excluding hydrogens is 351 g/mol. The van der Waals surface area contributed by atoms with E-state index >= 15 is 4.39 Å². The molecule has 0 saturated carbocycles. The molecule has 1 unspecified atom stereocenters. The highest BCUT2D eigenvalue weighted by Gasteiger charge is 2.48. The fourth-order valence-electron chi connectivity index (χ4n) is 3.74. The first kappa shape index (κ1) is 17.2. The van der Waals surface area contributed by atoms with E-state index in [0.29, 0.717) is 30.6 Å². The van der Waals surface area contributed by atoms with Crippen molar-refractivity contribution in [2.75, 3.05) is 11.1 Å². The average Bonchev–Trinajstić information content (AvgIpc) is 2.81. The molecule has 4 N–H and O–H groups in total. The van der Waals surface area contributed by atoms with Gasteiger partial charge in [-0.2, -0.15) is 0 Å². The number of hydrogen-bond donors (Lipinski definition) is 3. The van der Waals surface area contributed by atoms with Gasteiger partial charge in [0, 0.05) is 6.07 Å². The molecule has 0 fully saturated rings. The molecule has 1 aliphatic carbocycles. The average molecular weight is 370 g/mol. The molecule has 1 spiro atoms. The molecule has 27 heavy (non-hydrogen) atoms. The van der Waals surface area contributed by atoms with Crippen molar-refractivity contribution in [3.05, 3.63) is 52.0 Å². The largest absolute Gasteiger partial charge is 0.384 e. The summed E-state index contributed by atoms with van der Waals surface area (Å²) in [7, 11) is 0. The topological polar surface area (TPSA) is 115 Å². The molecule has 1 aliphatic heterocycles. The van der Waals surface area contributed by atoms with E-state index in [-0.39, 0.29) is 17.2 Å². The Morgan fingerprint density at radius 2 is 2.11 bits per heavy atom. The van der Waals surface area contributed by atoms with Gasteiger partial charge >= 0.3 is 0 Å². The third kappa shape index (κ3) is 2.66. The molecule has 1 amide bonds. The summed E-state index contributed by atoms with van der Waals surface area (Å²) in [5.74, 6) is -0.371. The summed E-state index contributed by atoms with van der Waals surface area (Å²) in [5, 5.41) is 5.62. The summed E-state index contributed by atoms with van der Waals surface area (Å²) in [4.78, 5) is 33.6. The van der Waals surface area contributed by atoms with Crippen LogP contribution in [-0.2, 0) is 5.66 Å². The number of nitrogens with one attached hydrogen (secondary N) is 2. The smallest absolute Gasteiger partial charge is 0.277 e. The number of aryl methyl sites for hydroxylation is 1. The van der Waals surface area contributed by atoms with Crippen LogP contribution in [0.3, 0.4) is 0 Å². The number of hydrogen-bond acceptors (Lipinski definition) is 6. The van der Waals surface area contributed by atoms with Crippen LogP contribution in [0.25, 0.3) is 0 Å². The summed E-state index contributed by atoms with van der Waals surface area (Å²) in [6.07, 6.45) is 5.11. The molecule has 0 aromatic carbocycles. The van der Waals surface area contributed by atoms with Gasteiger partial charge in [-0.05, 0) is 50.3 Å². The molecule has 0 bridgehead atoms. The van der Waals surface area contributed by atoms with Crippen molar-refractivity contribution in [2.24, 2.45) is 0 Å². The summed E-state index contributed by atoms with van der Waals surface area (Å²) in [5.41, 5.74) is 4.60. The standard InChI is InChI=1S/C18H19FN6O2/c1-10-7-11(23-14-8-13(20)21-9-22-14)17(27)25-15(10)16(26)24-18(25)6-4-2-3-5-12(18)19/h5,7-9H,2-4,6H2,1H3,(H,24,26)(H3,20,21,22,23). The number of carbonyl (C=O) groups excluding carboxylic acids is 1. The second kappa shape index (κ2) is 6.19. The number of carbonyl (C=O) groups is 1. The predicted molar refractivity (Wildman–Crippen MR) is 98.3 cm³/mol. The Kier molecular flexibility index (Phi) is 3.94. The van der Waals surface area contributed by atoms with Crippen LogP contribution >= 0.6 is 0 Å². The van der Waals surface area contributed by atoms with Crippen LogP contribution in [0.1, 0.15) is 41.7 Å². The Bertz CT molecular complexity index is 1030. The Balaban J connectivity index is 1.90. The fourth-order valence-corrected chi connectivity index (χ4v) is 3.74. The molecule has 8 nitrogen and oxygen atoms in total. The van der Waals surface area contributed by atoms with Crippen molar-refractivity contribution < 1.29 is 9.18 Å². The van der Waals surface area contributed by atoms with E-state index in [9.17, 15) is 9.59 Å². The van der Waals surface area contributed by atoms with Crippen LogP contribution in [0, 0.1) is 6.92 Å². The minimum absolute atomic E-state index is 0.179. The SMILES string of the molecule is Cc1cc(Nc2cc(N)ncn2)c(=O)n2c1C(=O)NC21CCCCC=C1F. The summed E-state index contributed by atoms with van der Waals surface area (Å²) < 4.78 is 16.3. The van der Waals surface area contributed by atoms with Crippen molar-refractivity contribution >= 4 is 23.2 Å². The number of rotatable bonds is 2. The number of aromatic nitrogens is 3. The van der Waals surface area contributed by atoms with Gasteiger partial charge in [0.15, 0.2) is 5.66 Å². The number of amides is 1. The van der Waals surface area contributed by atoms with Gasteiger partial charge in [-0.25, -0.2) is 14.4 Å². The van der Waals surface area contributed by atoms with Crippen LogP contribution < -0.4 is 21.9 Å². The third-order valence-corrected chi connectivity index (χ3v) is 4.97. The van der Waals surface area contributed by atoms with Crippen molar-refractivity contribution in [1.29, 1.82) is 0 Å². The number of pyridine rings is 1. The highest BCUT2D eigenvalue weighted by molar-refractivity contribution is 5.97. The van der Waals surface area contributed by atoms with E-state index in [4.69, 9.17) is 5.73 Å². The van der Waals surface area contributed by atoms with Crippen LogP contribution in [0.2, 0.25) is 0 Å². The molecule has 0 radical (unpaired) electrons. The third-order valence-electron chi connectivity index (χ3n) is 4.97. The number of allylic oxidation sites excluding steroid dienone is 1. The Morgan fingerprint density at radius 1 is 1.30 bits per heavy atom. The van der Waals surface area contributed by atoms with E-state index in [1.54, 1.807) is 13.0 Å². The number of nitrogen functional groups attached to an aromatic ring is 1. The van der Waals surface area contributed by atoms with E-state index in [1.165, 1.54) is 23.0 Å². The first-order chi connectivity index (χ1) is 12.9. The second-order valence-corrected chi connectivity index (χ2v) is 6.80. The molecule has 1 atom stereocenters. The van der Waals surface area contributed by atoms with Gasteiger partial charge in [0.25, 0.3) is 11.5 Å². The zero-order chi connectivity index (χ0) is 19.2. The summed E-state index contributed by atoms with van der Waals surface area (Å²) in [6, 6.07) is 3.04.